The average Bonchev–Trinajstić information content (AvgIpc) is 2.92. The molecule has 2 heterocycles. The smallest absolute Gasteiger partial charge is 0.225 e. The number of likely N-dealkylation sites (tertiary alicyclic amines) is 1. The highest BCUT2D eigenvalue weighted by molar-refractivity contribution is 6.30. The highest BCUT2D eigenvalue weighted by Gasteiger charge is 2.32. The molecule has 2 fully saturated rings. The van der Waals surface area contributed by atoms with Crippen molar-refractivity contribution < 1.29 is 4.79 Å². The molecular formula is C16H23Cl2N3O. The molecule has 0 radical (unpaired) electrons. The number of fused-ring (bicyclic) bond motifs is 1. The highest BCUT2D eigenvalue weighted by atomic mass is 35.5. The van der Waals surface area contributed by atoms with Gasteiger partial charge in [0.05, 0.1) is 0 Å². The molecule has 6 heteroatoms. The molecule has 122 valence electrons. The van der Waals surface area contributed by atoms with Crippen molar-refractivity contribution in [1.82, 2.24) is 10.2 Å². The third kappa shape index (κ3) is 4.59. The molecule has 2 atom stereocenters. The number of nitrogens with zero attached hydrogens (tertiary/aromatic N) is 1. The molecule has 2 N–H and O–H groups in total. The average molecular weight is 344 g/mol. The van der Waals surface area contributed by atoms with Gasteiger partial charge in [0.2, 0.25) is 5.91 Å². The molecule has 2 saturated heterocycles. The lowest BCUT2D eigenvalue weighted by Crippen LogP contribution is -2.45. The first-order valence-electron chi connectivity index (χ1n) is 7.72. The van der Waals surface area contributed by atoms with E-state index in [0.29, 0.717) is 17.5 Å². The number of anilines is 1. The zero-order chi connectivity index (χ0) is 14.7. The van der Waals surface area contributed by atoms with E-state index in [4.69, 9.17) is 11.6 Å². The first-order chi connectivity index (χ1) is 10.2. The van der Waals surface area contributed by atoms with E-state index in [1.165, 1.54) is 12.8 Å². The minimum absolute atomic E-state index is 0. The van der Waals surface area contributed by atoms with Crippen LogP contribution >= 0.6 is 24.0 Å². The Morgan fingerprint density at radius 3 is 3.09 bits per heavy atom. The zero-order valence-electron chi connectivity index (χ0n) is 12.6. The Balaban J connectivity index is 0.00000176. The van der Waals surface area contributed by atoms with E-state index in [2.05, 4.69) is 15.5 Å². The molecule has 0 aromatic heterocycles. The van der Waals surface area contributed by atoms with Crippen LogP contribution in [-0.2, 0) is 4.79 Å². The van der Waals surface area contributed by atoms with Gasteiger partial charge in [0.15, 0.2) is 0 Å². The number of piperidine rings is 1. The van der Waals surface area contributed by atoms with Gasteiger partial charge in [-0.15, -0.1) is 12.4 Å². The van der Waals surface area contributed by atoms with E-state index in [1.54, 1.807) is 12.1 Å². The quantitative estimate of drug-likeness (QED) is 0.883. The Morgan fingerprint density at radius 2 is 2.27 bits per heavy atom. The Hall–Kier alpha value is -0.810. The molecule has 3 rings (SSSR count). The van der Waals surface area contributed by atoms with Crippen LogP contribution in [0, 0.1) is 5.92 Å². The minimum Gasteiger partial charge on any atom is -0.326 e. The summed E-state index contributed by atoms with van der Waals surface area (Å²) in [6.45, 7) is 4.22. The standard InChI is InChI=1S/C16H22ClN3O.ClH/c17-13-2-1-3-14(10-13)19-16(21)6-9-20-8-5-15-12(11-20)4-7-18-15;/h1-3,10,12,15,18H,4-9,11H2,(H,19,21);1H. The number of benzene rings is 1. The van der Waals surface area contributed by atoms with E-state index in [1.807, 2.05) is 12.1 Å². The molecule has 0 bridgehead atoms. The predicted octanol–water partition coefficient (Wildman–Crippen LogP) is 2.77. The van der Waals surface area contributed by atoms with Crippen LogP contribution < -0.4 is 10.6 Å². The van der Waals surface area contributed by atoms with E-state index < -0.39 is 0 Å². The summed E-state index contributed by atoms with van der Waals surface area (Å²) in [5.74, 6) is 0.832. The van der Waals surface area contributed by atoms with Gasteiger partial charge in [0.25, 0.3) is 0 Å². The maximum absolute atomic E-state index is 12.0. The SMILES string of the molecule is Cl.O=C(CCN1CCC2NCCC2C1)Nc1cccc(Cl)c1. The van der Waals surface area contributed by atoms with Crippen LogP contribution in [0.5, 0.6) is 0 Å². The van der Waals surface area contributed by atoms with Crippen molar-refractivity contribution in [2.24, 2.45) is 5.92 Å². The zero-order valence-corrected chi connectivity index (χ0v) is 14.1. The fraction of sp³-hybridized carbons (Fsp3) is 0.562. The largest absolute Gasteiger partial charge is 0.326 e. The predicted molar refractivity (Wildman–Crippen MR) is 92.9 cm³/mol. The summed E-state index contributed by atoms with van der Waals surface area (Å²) in [5, 5.41) is 7.11. The van der Waals surface area contributed by atoms with Crippen LogP contribution in [-0.4, -0.2) is 43.0 Å². The monoisotopic (exact) mass is 343 g/mol. The van der Waals surface area contributed by atoms with E-state index >= 15 is 0 Å². The lowest BCUT2D eigenvalue weighted by molar-refractivity contribution is -0.116. The lowest BCUT2D eigenvalue weighted by atomic mass is 9.93. The molecule has 0 aliphatic carbocycles. The van der Waals surface area contributed by atoms with Crippen LogP contribution in [0.3, 0.4) is 0 Å². The molecule has 4 nitrogen and oxygen atoms in total. The van der Waals surface area contributed by atoms with E-state index in [0.717, 1.165) is 37.8 Å². The summed E-state index contributed by atoms with van der Waals surface area (Å²) in [7, 11) is 0. The molecule has 1 amide bonds. The van der Waals surface area contributed by atoms with Crippen LogP contribution in [0.1, 0.15) is 19.3 Å². The molecule has 2 aliphatic rings. The Kier molecular flexibility index (Phi) is 6.50. The van der Waals surface area contributed by atoms with Crippen molar-refractivity contribution >= 4 is 35.6 Å². The fourth-order valence-corrected chi connectivity index (χ4v) is 3.57. The third-order valence-electron chi connectivity index (χ3n) is 4.50. The number of halogens is 2. The second-order valence-electron chi connectivity index (χ2n) is 6.01. The summed E-state index contributed by atoms with van der Waals surface area (Å²) in [6.07, 6.45) is 3.02. The summed E-state index contributed by atoms with van der Waals surface area (Å²) >= 11 is 5.91. The van der Waals surface area contributed by atoms with Crippen LogP contribution in [0.25, 0.3) is 0 Å². The first kappa shape index (κ1) is 17.5. The van der Waals surface area contributed by atoms with Gasteiger partial charge in [0, 0.05) is 36.3 Å². The van der Waals surface area contributed by atoms with Crippen molar-refractivity contribution in [1.29, 1.82) is 0 Å². The van der Waals surface area contributed by atoms with Crippen molar-refractivity contribution in [3.05, 3.63) is 29.3 Å². The summed E-state index contributed by atoms with van der Waals surface area (Å²) in [6, 6.07) is 7.99. The molecule has 1 aromatic rings. The van der Waals surface area contributed by atoms with Gasteiger partial charge >= 0.3 is 0 Å². The van der Waals surface area contributed by atoms with Crippen molar-refractivity contribution in [3.63, 3.8) is 0 Å². The van der Waals surface area contributed by atoms with E-state index in [9.17, 15) is 4.79 Å². The summed E-state index contributed by atoms with van der Waals surface area (Å²) in [5.41, 5.74) is 0.770. The van der Waals surface area contributed by atoms with Gasteiger partial charge < -0.3 is 15.5 Å². The Labute approximate surface area is 143 Å². The number of amides is 1. The van der Waals surface area contributed by atoms with Crippen LogP contribution in [0.15, 0.2) is 24.3 Å². The topological polar surface area (TPSA) is 44.4 Å². The number of hydrogen-bond acceptors (Lipinski definition) is 3. The van der Waals surface area contributed by atoms with Gasteiger partial charge in [-0.1, -0.05) is 17.7 Å². The second kappa shape index (κ2) is 8.16. The number of nitrogens with one attached hydrogen (secondary N) is 2. The third-order valence-corrected chi connectivity index (χ3v) is 4.74. The highest BCUT2D eigenvalue weighted by Crippen LogP contribution is 2.24. The van der Waals surface area contributed by atoms with Gasteiger partial charge in [-0.3, -0.25) is 4.79 Å². The fourth-order valence-electron chi connectivity index (χ4n) is 3.38. The van der Waals surface area contributed by atoms with Gasteiger partial charge in [-0.2, -0.15) is 0 Å². The van der Waals surface area contributed by atoms with Crippen molar-refractivity contribution in [2.45, 2.75) is 25.3 Å². The number of rotatable bonds is 4. The Bertz CT molecular complexity index is 512. The summed E-state index contributed by atoms with van der Waals surface area (Å²) in [4.78, 5) is 14.4. The molecular weight excluding hydrogens is 321 g/mol. The summed E-state index contributed by atoms with van der Waals surface area (Å²) < 4.78 is 0. The van der Waals surface area contributed by atoms with Crippen molar-refractivity contribution in [2.75, 3.05) is 31.5 Å². The van der Waals surface area contributed by atoms with Gasteiger partial charge in [-0.05, 0) is 50.0 Å². The Morgan fingerprint density at radius 1 is 1.41 bits per heavy atom. The molecule has 2 unspecified atom stereocenters. The lowest BCUT2D eigenvalue weighted by Gasteiger charge is -2.34. The number of carbonyl (C=O) groups is 1. The van der Waals surface area contributed by atoms with Gasteiger partial charge in [0.1, 0.15) is 0 Å². The molecule has 22 heavy (non-hydrogen) atoms. The normalized spacial score (nSPS) is 24.4. The van der Waals surface area contributed by atoms with Crippen LogP contribution in [0.4, 0.5) is 5.69 Å². The maximum Gasteiger partial charge on any atom is 0.225 e. The number of hydrogen-bond donors (Lipinski definition) is 2. The molecule has 0 spiro atoms. The maximum atomic E-state index is 12.0. The minimum atomic E-state index is 0. The second-order valence-corrected chi connectivity index (χ2v) is 6.44. The molecule has 0 saturated carbocycles. The van der Waals surface area contributed by atoms with Gasteiger partial charge in [-0.25, -0.2) is 0 Å². The molecule has 1 aromatic carbocycles. The van der Waals surface area contributed by atoms with Crippen molar-refractivity contribution in [3.8, 4) is 0 Å². The number of carbonyl (C=O) groups excluding carboxylic acids is 1. The van der Waals surface area contributed by atoms with E-state index in [-0.39, 0.29) is 18.3 Å². The molecule has 2 aliphatic heterocycles. The van der Waals surface area contributed by atoms with Crippen LogP contribution in [0.2, 0.25) is 5.02 Å². The first-order valence-corrected chi connectivity index (χ1v) is 8.09.